The molecule has 0 unspecified atom stereocenters. The van der Waals surface area contributed by atoms with Crippen molar-refractivity contribution in [2.75, 3.05) is 13.7 Å². The van der Waals surface area contributed by atoms with Gasteiger partial charge in [0.15, 0.2) is 0 Å². The molecule has 13 heteroatoms. The van der Waals surface area contributed by atoms with E-state index in [1.54, 1.807) is 57.2 Å². The molecule has 4 aromatic rings. The Morgan fingerprint density at radius 2 is 1.78 bits per heavy atom. The molecule has 1 atom stereocenters. The summed E-state index contributed by atoms with van der Waals surface area (Å²) in [5.41, 5.74) is 2.93. The third kappa shape index (κ3) is 8.13. The van der Waals surface area contributed by atoms with Crippen LogP contribution in [0.2, 0.25) is 0 Å². The van der Waals surface area contributed by atoms with E-state index in [1.807, 2.05) is 30.3 Å². The van der Waals surface area contributed by atoms with Gasteiger partial charge in [-0.25, -0.2) is 18.2 Å². The van der Waals surface area contributed by atoms with Crippen molar-refractivity contribution in [3.63, 3.8) is 0 Å². The molecule has 0 fully saturated rings. The van der Waals surface area contributed by atoms with E-state index >= 15 is 0 Å². The summed E-state index contributed by atoms with van der Waals surface area (Å²) < 4.78 is 34.3. The molecule has 0 spiro atoms. The summed E-state index contributed by atoms with van der Waals surface area (Å²) in [5.74, 6) is -0.894. The molecule has 0 radical (unpaired) electrons. The minimum Gasteiger partial charge on any atom is -0.496 e. The molecule has 0 saturated carbocycles. The zero-order valence-electron chi connectivity index (χ0n) is 25.3. The van der Waals surface area contributed by atoms with E-state index in [-0.39, 0.29) is 28.7 Å². The Hall–Kier alpha value is -5.01. The summed E-state index contributed by atoms with van der Waals surface area (Å²) >= 11 is 0. The number of fused-ring (bicyclic) bond motifs is 1. The molecule has 1 heterocycles. The van der Waals surface area contributed by atoms with Crippen LogP contribution in [0.15, 0.2) is 70.4 Å². The molecular formula is C32H35N5O7S. The number of aryl methyl sites for hydroxylation is 1. The van der Waals surface area contributed by atoms with Gasteiger partial charge in [-0.05, 0) is 66.8 Å². The first-order valence-corrected chi connectivity index (χ1v) is 15.5. The fourth-order valence-corrected chi connectivity index (χ4v) is 6.57. The zero-order valence-corrected chi connectivity index (χ0v) is 26.1. The number of aliphatic carboxylic acids is 1. The van der Waals surface area contributed by atoms with Crippen molar-refractivity contribution in [2.45, 2.75) is 44.7 Å². The van der Waals surface area contributed by atoms with E-state index in [0.717, 1.165) is 5.56 Å². The smallest absolute Gasteiger partial charge is 0.322 e. The highest BCUT2D eigenvalue weighted by Gasteiger charge is 2.30. The average Bonchev–Trinajstić information content (AvgIpc) is 3.00. The number of hydrogen-bond acceptors (Lipinski definition) is 7. The molecule has 2 amide bonds. The second kappa shape index (κ2) is 14.2. The molecule has 12 nitrogen and oxygen atoms in total. The first kappa shape index (κ1) is 32.9. The van der Waals surface area contributed by atoms with Crippen LogP contribution in [0, 0.1) is 20.8 Å². The van der Waals surface area contributed by atoms with Gasteiger partial charge in [0.1, 0.15) is 17.6 Å². The van der Waals surface area contributed by atoms with E-state index in [9.17, 15) is 27.9 Å². The number of hydrogen-bond donors (Lipinski definition) is 5. The van der Waals surface area contributed by atoms with Crippen LogP contribution < -0.4 is 25.7 Å². The second-order valence-electron chi connectivity index (χ2n) is 10.4. The number of amides is 2. The van der Waals surface area contributed by atoms with Gasteiger partial charge >= 0.3 is 12.0 Å². The number of carboxylic acids is 1. The number of carboxylic acid groups (broad SMARTS) is 1. The van der Waals surface area contributed by atoms with E-state index in [2.05, 4.69) is 25.3 Å². The highest BCUT2D eigenvalue weighted by Crippen LogP contribution is 2.30. The topological polar surface area (TPSA) is 180 Å². The van der Waals surface area contributed by atoms with Gasteiger partial charge in [-0.3, -0.25) is 9.59 Å². The first-order chi connectivity index (χ1) is 21.4. The summed E-state index contributed by atoms with van der Waals surface area (Å²) in [6, 6.07) is 14.1. The lowest BCUT2D eigenvalue weighted by Gasteiger charge is -2.19. The van der Waals surface area contributed by atoms with Crippen LogP contribution in [0.3, 0.4) is 0 Å². The van der Waals surface area contributed by atoms with Crippen molar-refractivity contribution in [3.8, 4) is 5.75 Å². The van der Waals surface area contributed by atoms with Crippen molar-refractivity contribution in [3.05, 3.63) is 105 Å². The number of benzene rings is 3. The van der Waals surface area contributed by atoms with Gasteiger partial charge in [0.05, 0.1) is 22.9 Å². The first-order valence-electron chi connectivity index (χ1n) is 14.0. The number of carbonyl (C=O) groups excluding carboxylic acids is 1. The van der Waals surface area contributed by atoms with E-state index in [1.165, 1.54) is 7.11 Å². The van der Waals surface area contributed by atoms with Crippen molar-refractivity contribution in [2.24, 2.45) is 0 Å². The maximum Gasteiger partial charge on any atom is 0.322 e. The molecule has 5 N–H and O–H groups in total. The highest BCUT2D eigenvalue weighted by molar-refractivity contribution is 7.89. The van der Waals surface area contributed by atoms with E-state index in [0.29, 0.717) is 40.1 Å². The summed E-state index contributed by atoms with van der Waals surface area (Å²) in [6.07, 6.45) is 3.08. The Bertz CT molecular complexity index is 1920. The van der Waals surface area contributed by atoms with E-state index < -0.39 is 34.0 Å². The Morgan fingerprint density at radius 1 is 1.04 bits per heavy atom. The van der Waals surface area contributed by atoms with Gasteiger partial charge in [0, 0.05) is 19.5 Å². The standard InChI is InChI=1S/C32H35N5O7S/c1-19-15-27(44-4)20(2)21(3)29(19)45(42,43)37-26(31(39)40)17-28-35-25-13-12-22(16-24(25)30(38)36-28)11-8-14-33-32(41)34-18-23-9-6-5-7-10-23/h5-13,15-16,26,37H,14,17-18H2,1-4H3,(H,39,40)(H2,33,34,41)(H,35,36,38)/b11-8+/t26-/m0/s1. The molecule has 0 bridgehead atoms. The third-order valence-electron chi connectivity index (χ3n) is 7.23. The van der Waals surface area contributed by atoms with Crippen molar-refractivity contribution in [1.82, 2.24) is 25.3 Å². The molecule has 1 aromatic heterocycles. The Balaban J connectivity index is 1.44. The molecular weight excluding hydrogens is 598 g/mol. The predicted molar refractivity (Wildman–Crippen MR) is 171 cm³/mol. The van der Waals surface area contributed by atoms with Crippen LogP contribution in [-0.4, -0.2) is 55.2 Å². The molecule has 0 aliphatic carbocycles. The van der Waals surface area contributed by atoms with Crippen LogP contribution in [0.5, 0.6) is 5.75 Å². The fraction of sp³-hybridized carbons (Fsp3) is 0.250. The van der Waals surface area contributed by atoms with Crippen LogP contribution in [0.1, 0.15) is 33.6 Å². The number of sulfonamides is 1. The summed E-state index contributed by atoms with van der Waals surface area (Å²) in [4.78, 5) is 44.0. The van der Waals surface area contributed by atoms with Crippen LogP contribution in [0.25, 0.3) is 17.0 Å². The van der Waals surface area contributed by atoms with Crippen LogP contribution >= 0.6 is 0 Å². The molecule has 0 aliphatic heterocycles. The number of aromatic nitrogens is 2. The molecule has 236 valence electrons. The number of methoxy groups -OCH3 is 1. The largest absolute Gasteiger partial charge is 0.496 e. The third-order valence-corrected chi connectivity index (χ3v) is 8.99. The van der Waals surface area contributed by atoms with Crippen molar-refractivity contribution >= 4 is 39.0 Å². The highest BCUT2D eigenvalue weighted by atomic mass is 32.2. The Labute approximate surface area is 260 Å². The van der Waals surface area contributed by atoms with Gasteiger partial charge in [-0.1, -0.05) is 48.6 Å². The molecule has 45 heavy (non-hydrogen) atoms. The quantitative estimate of drug-likeness (QED) is 0.158. The maximum atomic E-state index is 13.3. The van der Waals surface area contributed by atoms with Gasteiger partial charge in [-0.2, -0.15) is 4.72 Å². The number of ether oxygens (including phenoxy) is 1. The molecule has 3 aromatic carbocycles. The minimum atomic E-state index is -4.27. The lowest BCUT2D eigenvalue weighted by Crippen LogP contribution is -2.43. The van der Waals surface area contributed by atoms with Crippen LogP contribution in [-0.2, 0) is 27.8 Å². The van der Waals surface area contributed by atoms with Gasteiger partial charge < -0.3 is 25.5 Å². The van der Waals surface area contributed by atoms with Gasteiger partial charge in [0.25, 0.3) is 5.56 Å². The normalized spacial score (nSPS) is 12.3. The fourth-order valence-electron chi connectivity index (χ4n) is 4.86. The number of nitrogens with zero attached hydrogens (tertiary/aromatic N) is 1. The summed E-state index contributed by atoms with van der Waals surface area (Å²) in [5, 5.41) is 15.6. The van der Waals surface area contributed by atoms with Crippen molar-refractivity contribution < 1.29 is 27.9 Å². The van der Waals surface area contributed by atoms with Crippen LogP contribution in [0.4, 0.5) is 4.79 Å². The molecule has 0 aliphatic rings. The SMILES string of the molecule is COc1cc(C)c(S(=O)(=O)N[C@@H](Cc2nc3ccc(/C=C/CNC(=O)NCc4ccccc4)cc3c(=O)[nH]2)C(=O)O)c(C)c1C. The molecule has 4 rings (SSSR count). The number of H-pyrrole nitrogens is 1. The van der Waals surface area contributed by atoms with Gasteiger partial charge in [-0.15, -0.1) is 0 Å². The zero-order chi connectivity index (χ0) is 32.7. The minimum absolute atomic E-state index is 0.0102. The van der Waals surface area contributed by atoms with Gasteiger partial charge in [0.2, 0.25) is 10.0 Å². The number of rotatable bonds is 12. The second-order valence-corrected chi connectivity index (χ2v) is 12.1. The Kier molecular flexibility index (Phi) is 10.4. The molecule has 0 saturated heterocycles. The monoisotopic (exact) mass is 633 g/mol. The van der Waals surface area contributed by atoms with Crippen molar-refractivity contribution in [1.29, 1.82) is 0 Å². The maximum absolute atomic E-state index is 13.3. The number of urea groups is 1. The van der Waals surface area contributed by atoms with E-state index in [4.69, 9.17) is 4.74 Å². The lowest BCUT2D eigenvalue weighted by atomic mass is 10.1. The number of nitrogens with one attached hydrogen (secondary N) is 4. The number of carbonyl (C=O) groups is 2. The predicted octanol–water partition coefficient (Wildman–Crippen LogP) is 3.34. The Morgan fingerprint density at radius 3 is 2.47 bits per heavy atom. The summed E-state index contributed by atoms with van der Waals surface area (Å²) in [6.45, 7) is 5.61. The average molecular weight is 634 g/mol. The number of aromatic amines is 1. The lowest BCUT2D eigenvalue weighted by molar-refractivity contribution is -0.139. The summed E-state index contributed by atoms with van der Waals surface area (Å²) in [7, 11) is -2.78.